The summed E-state index contributed by atoms with van der Waals surface area (Å²) in [5.41, 5.74) is 2.04. The van der Waals surface area contributed by atoms with E-state index < -0.39 is 0 Å². The van der Waals surface area contributed by atoms with Gasteiger partial charge in [0.05, 0.1) is 13.7 Å². The van der Waals surface area contributed by atoms with Gasteiger partial charge in [0, 0.05) is 18.6 Å². The second-order valence-electron chi connectivity index (χ2n) is 5.37. The van der Waals surface area contributed by atoms with E-state index in [0.29, 0.717) is 18.1 Å². The number of esters is 1. The molecule has 0 N–H and O–H groups in total. The fourth-order valence-corrected chi connectivity index (χ4v) is 2.57. The summed E-state index contributed by atoms with van der Waals surface area (Å²) in [6.07, 6.45) is 4.06. The first-order valence-electron chi connectivity index (χ1n) is 8.24. The van der Waals surface area contributed by atoms with E-state index in [2.05, 4.69) is 19.1 Å². The largest absolute Gasteiger partial charge is 0.493 e. The van der Waals surface area contributed by atoms with Crippen molar-refractivity contribution in [2.75, 3.05) is 27.6 Å². The minimum Gasteiger partial charge on any atom is -0.493 e. The van der Waals surface area contributed by atoms with E-state index in [1.165, 1.54) is 11.6 Å². The van der Waals surface area contributed by atoms with Crippen LogP contribution in [0.1, 0.15) is 25.0 Å². The lowest BCUT2D eigenvalue weighted by atomic mass is 9.99. The van der Waals surface area contributed by atoms with Gasteiger partial charge in [-0.1, -0.05) is 19.1 Å². The molecule has 0 unspecified atom stereocenters. The Morgan fingerprint density at radius 1 is 1.12 bits per heavy atom. The third-order valence-corrected chi connectivity index (χ3v) is 3.78. The number of benzene rings is 2. The molecule has 0 aliphatic carbocycles. The van der Waals surface area contributed by atoms with Crippen LogP contribution in [0.25, 0.3) is 16.8 Å². The van der Waals surface area contributed by atoms with E-state index >= 15 is 0 Å². The Labute approximate surface area is 148 Å². The Balaban J connectivity index is 2.60. The summed E-state index contributed by atoms with van der Waals surface area (Å²) in [7, 11) is 3.16. The lowest BCUT2D eigenvalue weighted by molar-refractivity contribution is -0.137. The van der Waals surface area contributed by atoms with Gasteiger partial charge in [0.1, 0.15) is 0 Å². The van der Waals surface area contributed by atoms with Crippen LogP contribution in [-0.4, -0.2) is 33.6 Å². The molecule has 0 spiro atoms. The molecule has 25 heavy (non-hydrogen) atoms. The lowest BCUT2D eigenvalue weighted by Gasteiger charge is -2.16. The van der Waals surface area contributed by atoms with Crippen LogP contribution in [0, 0.1) is 0 Å². The zero-order valence-corrected chi connectivity index (χ0v) is 15.1. The molecule has 5 heteroatoms. The molecule has 0 aromatic heterocycles. The highest BCUT2D eigenvalue weighted by Gasteiger charge is 2.14. The Morgan fingerprint density at radius 2 is 1.92 bits per heavy atom. The summed E-state index contributed by atoms with van der Waals surface area (Å²) in [6.45, 7) is 4.34. The fraction of sp³-hybridized carbons (Fsp3) is 0.350. The number of hydrogen-bond acceptors (Lipinski definition) is 5. The molecule has 0 radical (unpaired) electrons. The van der Waals surface area contributed by atoms with Crippen LogP contribution in [0.3, 0.4) is 0 Å². The normalized spacial score (nSPS) is 11.0. The van der Waals surface area contributed by atoms with Crippen molar-refractivity contribution in [3.8, 4) is 11.5 Å². The number of aryl methyl sites for hydroxylation is 1. The highest BCUT2D eigenvalue weighted by molar-refractivity contribution is 5.99. The van der Waals surface area contributed by atoms with Crippen LogP contribution >= 0.6 is 0 Å². The molecule has 0 aliphatic heterocycles. The molecule has 0 saturated heterocycles. The SMILES string of the molecule is CCOC(=O)/C=C\c1cc(OC)c(OCOC)c2cc(CC)ccc12. The average Bonchev–Trinajstić information content (AvgIpc) is 2.64. The Bertz CT molecular complexity index is 764. The van der Waals surface area contributed by atoms with Crippen LogP contribution in [-0.2, 0) is 20.7 Å². The van der Waals surface area contributed by atoms with Gasteiger partial charge in [0.2, 0.25) is 0 Å². The summed E-state index contributed by atoms with van der Waals surface area (Å²) >= 11 is 0. The van der Waals surface area contributed by atoms with E-state index in [9.17, 15) is 4.79 Å². The zero-order valence-electron chi connectivity index (χ0n) is 15.1. The number of methoxy groups -OCH3 is 2. The number of ether oxygens (including phenoxy) is 4. The quantitative estimate of drug-likeness (QED) is 0.412. The second kappa shape index (κ2) is 9.08. The van der Waals surface area contributed by atoms with Crippen LogP contribution in [0.4, 0.5) is 0 Å². The third-order valence-electron chi connectivity index (χ3n) is 3.78. The van der Waals surface area contributed by atoms with E-state index in [0.717, 1.165) is 22.8 Å². The van der Waals surface area contributed by atoms with Gasteiger partial charge < -0.3 is 18.9 Å². The first-order chi connectivity index (χ1) is 12.1. The molecule has 0 saturated carbocycles. The zero-order chi connectivity index (χ0) is 18.2. The van der Waals surface area contributed by atoms with Crippen molar-refractivity contribution in [2.24, 2.45) is 0 Å². The van der Waals surface area contributed by atoms with Crippen molar-refractivity contribution in [1.29, 1.82) is 0 Å². The minimum atomic E-state index is -0.375. The van der Waals surface area contributed by atoms with Crippen molar-refractivity contribution < 1.29 is 23.7 Å². The summed E-state index contributed by atoms with van der Waals surface area (Å²) in [6, 6.07) is 8.01. The molecule has 0 fully saturated rings. The summed E-state index contributed by atoms with van der Waals surface area (Å²) in [5.74, 6) is 0.837. The maximum absolute atomic E-state index is 11.6. The van der Waals surface area contributed by atoms with Crippen LogP contribution < -0.4 is 9.47 Å². The minimum absolute atomic E-state index is 0.125. The van der Waals surface area contributed by atoms with Crippen molar-refractivity contribution in [3.05, 3.63) is 41.5 Å². The van der Waals surface area contributed by atoms with Gasteiger partial charge in [0.25, 0.3) is 0 Å². The van der Waals surface area contributed by atoms with Crippen LogP contribution in [0.15, 0.2) is 30.3 Å². The van der Waals surface area contributed by atoms with Crippen LogP contribution in [0.2, 0.25) is 0 Å². The molecule has 0 atom stereocenters. The fourth-order valence-electron chi connectivity index (χ4n) is 2.57. The van der Waals surface area contributed by atoms with Crippen LogP contribution in [0.5, 0.6) is 11.5 Å². The highest BCUT2D eigenvalue weighted by Crippen LogP contribution is 2.39. The molecule has 2 aromatic carbocycles. The predicted octanol–water partition coefficient (Wildman–Crippen LogP) is 3.97. The first kappa shape index (κ1) is 18.8. The van der Waals surface area contributed by atoms with E-state index in [-0.39, 0.29) is 12.8 Å². The number of carbonyl (C=O) groups is 1. The molecule has 2 aromatic rings. The number of carbonyl (C=O) groups excluding carboxylic acids is 1. The number of rotatable bonds is 8. The van der Waals surface area contributed by atoms with Gasteiger partial charge in [-0.15, -0.1) is 0 Å². The smallest absolute Gasteiger partial charge is 0.330 e. The van der Waals surface area contributed by atoms with Crippen molar-refractivity contribution in [1.82, 2.24) is 0 Å². The van der Waals surface area contributed by atoms with Crippen molar-refractivity contribution in [2.45, 2.75) is 20.3 Å². The van der Waals surface area contributed by atoms with E-state index in [4.69, 9.17) is 18.9 Å². The molecule has 2 rings (SSSR count). The maximum atomic E-state index is 11.6. The molecule has 0 aliphatic rings. The molecule has 0 bridgehead atoms. The predicted molar refractivity (Wildman–Crippen MR) is 98.0 cm³/mol. The average molecular weight is 344 g/mol. The summed E-state index contributed by atoms with van der Waals surface area (Å²) < 4.78 is 21.2. The molecule has 0 amide bonds. The van der Waals surface area contributed by atoms with Crippen molar-refractivity contribution in [3.63, 3.8) is 0 Å². The lowest BCUT2D eigenvalue weighted by Crippen LogP contribution is -2.02. The molecular weight excluding hydrogens is 320 g/mol. The summed E-state index contributed by atoms with van der Waals surface area (Å²) in [4.78, 5) is 11.6. The van der Waals surface area contributed by atoms with E-state index in [1.807, 2.05) is 12.1 Å². The monoisotopic (exact) mass is 344 g/mol. The van der Waals surface area contributed by atoms with Crippen molar-refractivity contribution >= 4 is 22.8 Å². The molecule has 134 valence electrons. The van der Waals surface area contributed by atoms with E-state index in [1.54, 1.807) is 27.2 Å². The Hall–Kier alpha value is -2.53. The standard InChI is InChI=1S/C20H24O5/c1-5-14-7-9-16-15(8-10-19(21)24-6-2)12-18(23-4)20(17(16)11-14)25-13-22-3/h7-12H,5-6,13H2,1-4H3/b10-8-. The Morgan fingerprint density at radius 3 is 2.56 bits per heavy atom. The number of hydrogen-bond donors (Lipinski definition) is 0. The third kappa shape index (κ3) is 4.51. The Kier molecular flexibility index (Phi) is 6.83. The van der Waals surface area contributed by atoms with Gasteiger partial charge in [-0.05, 0) is 48.1 Å². The van der Waals surface area contributed by atoms with Gasteiger partial charge in [-0.2, -0.15) is 0 Å². The molecule has 0 heterocycles. The maximum Gasteiger partial charge on any atom is 0.330 e. The van der Waals surface area contributed by atoms with Gasteiger partial charge >= 0.3 is 5.97 Å². The highest BCUT2D eigenvalue weighted by atomic mass is 16.7. The summed E-state index contributed by atoms with van der Waals surface area (Å²) in [5, 5.41) is 1.88. The van der Waals surface area contributed by atoms with Gasteiger partial charge in [-0.3, -0.25) is 0 Å². The van der Waals surface area contributed by atoms with Gasteiger partial charge in [-0.25, -0.2) is 4.79 Å². The number of fused-ring (bicyclic) bond motifs is 1. The topological polar surface area (TPSA) is 54.0 Å². The molecule has 5 nitrogen and oxygen atoms in total. The second-order valence-corrected chi connectivity index (χ2v) is 5.37. The van der Waals surface area contributed by atoms with Gasteiger partial charge in [0.15, 0.2) is 18.3 Å². The first-order valence-corrected chi connectivity index (χ1v) is 8.24. The molecular formula is C20H24O5.